The molecule has 31 heavy (non-hydrogen) atoms. The van der Waals surface area contributed by atoms with E-state index in [1.807, 2.05) is 18.2 Å². The topological polar surface area (TPSA) is 90.1 Å². The Kier molecular flexibility index (Phi) is 5.90. The van der Waals surface area contributed by atoms with Gasteiger partial charge in [0, 0.05) is 11.6 Å². The lowest BCUT2D eigenvalue weighted by Crippen LogP contribution is -2.19. The molecule has 7 nitrogen and oxygen atoms in total. The van der Waals surface area contributed by atoms with Crippen LogP contribution >= 0.6 is 11.8 Å². The molecule has 8 heteroatoms. The van der Waals surface area contributed by atoms with Crippen molar-refractivity contribution in [3.63, 3.8) is 0 Å². The summed E-state index contributed by atoms with van der Waals surface area (Å²) < 4.78 is 15.7. The Morgan fingerprint density at radius 3 is 2.45 bits per heavy atom. The molecule has 1 saturated heterocycles. The van der Waals surface area contributed by atoms with Gasteiger partial charge in [0.25, 0.3) is 5.91 Å². The molecule has 2 aromatic carbocycles. The van der Waals surface area contributed by atoms with E-state index in [9.17, 15) is 9.59 Å². The van der Waals surface area contributed by atoms with Crippen molar-refractivity contribution in [1.82, 2.24) is 5.32 Å². The van der Waals surface area contributed by atoms with E-state index in [2.05, 4.69) is 10.3 Å². The summed E-state index contributed by atoms with van der Waals surface area (Å²) in [6.45, 7) is 0. The van der Waals surface area contributed by atoms with Crippen molar-refractivity contribution in [2.24, 2.45) is 4.99 Å². The average Bonchev–Trinajstić information content (AvgIpc) is 3.40. The van der Waals surface area contributed by atoms with Crippen LogP contribution < -0.4 is 10.1 Å². The third-order valence-electron chi connectivity index (χ3n) is 4.44. The molecule has 2 heterocycles. The molecule has 0 unspecified atom stereocenters. The van der Waals surface area contributed by atoms with Gasteiger partial charge in [-0.1, -0.05) is 12.1 Å². The molecule has 0 atom stereocenters. The second-order valence-electron chi connectivity index (χ2n) is 6.45. The Bertz CT molecular complexity index is 1180. The van der Waals surface area contributed by atoms with E-state index in [0.717, 1.165) is 11.3 Å². The first kappa shape index (κ1) is 20.5. The minimum absolute atomic E-state index is 0.238. The Morgan fingerprint density at radius 1 is 1.03 bits per heavy atom. The van der Waals surface area contributed by atoms with E-state index >= 15 is 0 Å². The van der Waals surface area contributed by atoms with Crippen molar-refractivity contribution >= 4 is 40.6 Å². The summed E-state index contributed by atoms with van der Waals surface area (Å²) in [5, 5.41) is 3.24. The average molecular weight is 434 g/mol. The second kappa shape index (κ2) is 8.93. The summed E-state index contributed by atoms with van der Waals surface area (Å²) in [5.41, 5.74) is 1.98. The van der Waals surface area contributed by atoms with Gasteiger partial charge in [0.05, 0.1) is 30.4 Å². The molecule has 0 radical (unpaired) electrons. The fraction of sp³-hybridized carbons (Fsp3) is 0.0870. The highest BCUT2D eigenvalue weighted by Gasteiger charge is 2.24. The van der Waals surface area contributed by atoms with Crippen LogP contribution in [0.3, 0.4) is 0 Å². The molecule has 4 rings (SSSR count). The number of hydrogen-bond acceptors (Lipinski definition) is 7. The van der Waals surface area contributed by atoms with Gasteiger partial charge in [0.15, 0.2) is 5.17 Å². The van der Waals surface area contributed by atoms with Crippen LogP contribution in [0.2, 0.25) is 0 Å². The fourth-order valence-corrected chi connectivity index (χ4v) is 3.68. The summed E-state index contributed by atoms with van der Waals surface area (Å²) in [6.07, 6.45) is 1.67. The van der Waals surface area contributed by atoms with Crippen molar-refractivity contribution < 1.29 is 23.5 Å². The first-order chi connectivity index (χ1) is 15.1. The third-order valence-corrected chi connectivity index (χ3v) is 5.35. The van der Waals surface area contributed by atoms with Gasteiger partial charge in [0.2, 0.25) is 0 Å². The van der Waals surface area contributed by atoms with Gasteiger partial charge in [-0.25, -0.2) is 9.79 Å². The maximum Gasteiger partial charge on any atom is 0.337 e. The van der Waals surface area contributed by atoms with Crippen LogP contribution in [0.15, 0.2) is 75.0 Å². The molecule has 1 fully saturated rings. The van der Waals surface area contributed by atoms with Crippen LogP contribution in [0.1, 0.15) is 16.1 Å². The van der Waals surface area contributed by atoms with Crippen molar-refractivity contribution in [3.05, 3.63) is 76.9 Å². The Hall–Kier alpha value is -3.78. The smallest absolute Gasteiger partial charge is 0.337 e. The Balaban J connectivity index is 1.49. The number of thioether (sulfide) groups is 1. The predicted octanol–water partition coefficient (Wildman–Crippen LogP) is 4.63. The lowest BCUT2D eigenvalue weighted by Gasteiger charge is -2.00. The van der Waals surface area contributed by atoms with E-state index in [1.165, 1.54) is 18.9 Å². The Morgan fingerprint density at radius 2 is 1.77 bits per heavy atom. The number of nitrogens with zero attached hydrogens (tertiary/aromatic N) is 1. The first-order valence-corrected chi connectivity index (χ1v) is 10.1. The molecule has 1 amide bonds. The number of ether oxygens (including phenoxy) is 2. The zero-order valence-corrected chi connectivity index (χ0v) is 17.6. The number of carbonyl (C=O) groups is 2. The predicted molar refractivity (Wildman–Crippen MR) is 119 cm³/mol. The van der Waals surface area contributed by atoms with E-state index in [4.69, 9.17) is 13.9 Å². The van der Waals surface area contributed by atoms with Gasteiger partial charge in [0.1, 0.15) is 17.3 Å². The van der Waals surface area contributed by atoms with Crippen LogP contribution in [0, 0.1) is 0 Å². The van der Waals surface area contributed by atoms with Gasteiger partial charge < -0.3 is 19.2 Å². The van der Waals surface area contributed by atoms with Crippen LogP contribution in [0.5, 0.6) is 5.75 Å². The number of benzene rings is 2. The molecular formula is C23H18N2O5S. The number of amides is 1. The molecule has 0 spiro atoms. The highest BCUT2D eigenvalue weighted by Crippen LogP contribution is 2.30. The quantitative estimate of drug-likeness (QED) is 0.465. The number of rotatable bonds is 5. The fourth-order valence-electron chi connectivity index (χ4n) is 2.86. The van der Waals surface area contributed by atoms with Crippen molar-refractivity contribution in [3.8, 4) is 17.1 Å². The van der Waals surface area contributed by atoms with Crippen LogP contribution in [-0.2, 0) is 9.53 Å². The summed E-state index contributed by atoms with van der Waals surface area (Å²) in [5.74, 6) is 1.26. The molecule has 0 bridgehead atoms. The largest absolute Gasteiger partial charge is 0.497 e. The maximum atomic E-state index is 12.3. The molecule has 0 saturated carbocycles. The van der Waals surface area contributed by atoms with Gasteiger partial charge in [-0.3, -0.25) is 4.79 Å². The number of aliphatic imine (C=N–C) groups is 1. The molecule has 1 aromatic heterocycles. The standard InChI is InChI=1S/C23H18N2O5S/c1-28-17-9-7-16(8-10-17)24-23-25-21(26)20(31-23)13-18-11-12-19(30-18)14-3-5-15(6-4-14)22(27)29-2/h3-13H,1-2H3,(H,24,25,26)/b20-13+. The lowest BCUT2D eigenvalue weighted by atomic mass is 10.1. The molecule has 1 aliphatic heterocycles. The number of nitrogens with one attached hydrogen (secondary N) is 1. The van der Waals surface area contributed by atoms with Gasteiger partial charge in [-0.2, -0.15) is 0 Å². The molecule has 1 N–H and O–H groups in total. The maximum absolute atomic E-state index is 12.3. The monoisotopic (exact) mass is 434 g/mol. The molecule has 156 valence electrons. The number of hydrogen-bond donors (Lipinski definition) is 1. The number of amidine groups is 1. The van der Waals surface area contributed by atoms with Gasteiger partial charge >= 0.3 is 5.97 Å². The summed E-state index contributed by atoms with van der Waals surface area (Å²) >= 11 is 1.24. The molecule has 0 aliphatic carbocycles. The highest BCUT2D eigenvalue weighted by molar-refractivity contribution is 8.18. The minimum Gasteiger partial charge on any atom is -0.497 e. The van der Waals surface area contributed by atoms with Gasteiger partial charge in [-0.15, -0.1) is 0 Å². The normalized spacial score (nSPS) is 15.9. The van der Waals surface area contributed by atoms with Crippen LogP contribution in [0.4, 0.5) is 5.69 Å². The highest BCUT2D eigenvalue weighted by atomic mass is 32.2. The summed E-state index contributed by atoms with van der Waals surface area (Å²) in [6, 6.07) is 17.7. The van der Waals surface area contributed by atoms with E-state index in [-0.39, 0.29) is 5.91 Å². The van der Waals surface area contributed by atoms with E-state index in [0.29, 0.717) is 32.8 Å². The lowest BCUT2D eigenvalue weighted by molar-refractivity contribution is -0.115. The third kappa shape index (κ3) is 4.70. The van der Waals surface area contributed by atoms with Crippen molar-refractivity contribution in [2.45, 2.75) is 0 Å². The van der Waals surface area contributed by atoms with Crippen molar-refractivity contribution in [2.75, 3.05) is 14.2 Å². The number of furan rings is 1. The summed E-state index contributed by atoms with van der Waals surface area (Å²) in [4.78, 5) is 28.8. The summed E-state index contributed by atoms with van der Waals surface area (Å²) in [7, 11) is 2.94. The Labute approximate surface area is 182 Å². The SMILES string of the molecule is COC(=O)c1ccc(-c2ccc(/C=C3/SC(=Nc4ccc(OC)cc4)NC3=O)o2)cc1. The van der Waals surface area contributed by atoms with E-state index < -0.39 is 5.97 Å². The zero-order valence-electron chi connectivity index (χ0n) is 16.7. The van der Waals surface area contributed by atoms with Crippen molar-refractivity contribution in [1.29, 1.82) is 0 Å². The minimum atomic E-state index is -0.396. The molecule has 1 aliphatic rings. The van der Waals surface area contributed by atoms with E-state index in [1.54, 1.807) is 55.7 Å². The van der Waals surface area contributed by atoms with Crippen LogP contribution in [0.25, 0.3) is 17.4 Å². The van der Waals surface area contributed by atoms with Gasteiger partial charge in [-0.05, 0) is 60.3 Å². The number of methoxy groups -OCH3 is 2. The second-order valence-corrected chi connectivity index (χ2v) is 7.48. The van der Waals surface area contributed by atoms with Crippen LogP contribution in [-0.4, -0.2) is 31.3 Å². The molecular weight excluding hydrogens is 416 g/mol. The first-order valence-electron chi connectivity index (χ1n) is 9.28. The number of esters is 1. The number of carbonyl (C=O) groups excluding carboxylic acids is 2. The zero-order chi connectivity index (χ0) is 21.8. The molecule has 3 aromatic rings.